The number of rotatable bonds is 1. The first-order valence-corrected chi connectivity index (χ1v) is 8.44. The summed E-state index contributed by atoms with van der Waals surface area (Å²) in [5.41, 5.74) is 5.80. The van der Waals surface area contributed by atoms with Crippen LogP contribution in [0.4, 0.5) is 8.78 Å². The van der Waals surface area contributed by atoms with Crippen molar-refractivity contribution in [2.75, 3.05) is 0 Å². The van der Waals surface area contributed by atoms with E-state index in [2.05, 4.69) is 6.07 Å². The Kier molecular flexibility index (Phi) is 4.10. The summed E-state index contributed by atoms with van der Waals surface area (Å²) >= 11 is 0. The second-order valence-corrected chi connectivity index (χ2v) is 6.37. The first kappa shape index (κ1) is 16.2. The molecule has 3 aromatic rings. The Bertz CT molecular complexity index is 1070. The van der Waals surface area contributed by atoms with Gasteiger partial charge in [0.25, 0.3) is 0 Å². The van der Waals surface area contributed by atoms with E-state index >= 15 is 0 Å². The van der Waals surface area contributed by atoms with Crippen LogP contribution < -0.4 is 0 Å². The van der Waals surface area contributed by atoms with Crippen LogP contribution in [-0.4, -0.2) is 0 Å². The molecule has 0 saturated carbocycles. The zero-order chi connectivity index (χ0) is 18.1. The second-order valence-electron chi connectivity index (χ2n) is 6.37. The van der Waals surface area contributed by atoms with Gasteiger partial charge >= 0.3 is 0 Å². The maximum atomic E-state index is 14.0. The summed E-state index contributed by atoms with van der Waals surface area (Å²) in [5, 5.41) is 8.91. The van der Waals surface area contributed by atoms with Gasteiger partial charge in [-0.3, -0.25) is 0 Å². The molecule has 0 bridgehead atoms. The minimum absolute atomic E-state index is 0.0240. The molecule has 26 heavy (non-hydrogen) atoms. The van der Waals surface area contributed by atoms with Crippen molar-refractivity contribution >= 4 is 11.6 Å². The normalized spacial score (nSPS) is 14.3. The van der Waals surface area contributed by atoms with E-state index in [0.717, 1.165) is 35.1 Å². The lowest BCUT2D eigenvalue weighted by atomic mass is 9.92. The summed E-state index contributed by atoms with van der Waals surface area (Å²) in [6, 6.07) is 19.3. The van der Waals surface area contributed by atoms with E-state index in [9.17, 15) is 8.78 Å². The van der Waals surface area contributed by atoms with Crippen LogP contribution in [0.15, 0.2) is 60.7 Å². The molecule has 0 unspecified atom stereocenters. The molecule has 0 aromatic heterocycles. The van der Waals surface area contributed by atoms with E-state index in [1.165, 1.54) is 23.8 Å². The maximum absolute atomic E-state index is 14.0. The third-order valence-corrected chi connectivity index (χ3v) is 4.75. The van der Waals surface area contributed by atoms with Gasteiger partial charge in [-0.1, -0.05) is 36.4 Å². The first-order valence-electron chi connectivity index (χ1n) is 8.44. The molecule has 3 heteroatoms. The van der Waals surface area contributed by atoms with Crippen LogP contribution in [0, 0.1) is 23.0 Å². The van der Waals surface area contributed by atoms with Crippen LogP contribution in [0.3, 0.4) is 0 Å². The highest BCUT2D eigenvalue weighted by Crippen LogP contribution is 2.35. The average Bonchev–Trinajstić information content (AvgIpc) is 2.79. The van der Waals surface area contributed by atoms with Crippen LogP contribution in [0.2, 0.25) is 0 Å². The number of halogens is 2. The molecule has 1 nitrogen and oxygen atoms in total. The minimum atomic E-state index is -0.539. The molecule has 1 aliphatic carbocycles. The van der Waals surface area contributed by atoms with Crippen LogP contribution in [0.5, 0.6) is 0 Å². The first-order chi connectivity index (χ1) is 12.7. The quantitative estimate of drug-likeness (QED) is 0.570. The Morgan fingerprint density at radius 3 is 2.42 bits per heavy atom. The van der Waals surface area contributed by atoms with Crippen molar-refractivity contribution in [3.8, 4) is 6.07 Å². The van der Waals surface area contributed by atoms with Crippen molar-refractivity contribution in [2.24, 2.45) is 0 Å². The number of nitriles is 1. The molecule has 3 aromatic carbocycles. The third kappa shape index (κ3) is 2.91. The van der Waals surface area contributed by atoms with E-state index < -0.39 is 5.82 Å². The van der Waals surface area contributed by atoms with Crippen molar-refractivity contribution in [3.05, 3.63) is 106 Å². The van der Waals surface area contributed by atoms with Crippen LogP contribution in [0.1, 0.15) is 33.4 Å². The van der Waals surface area contributed by atoms with Gasteiger partial charge in [-0.25, -0.2) is 8.78 Å². The molecule has 0 fully saturated rings. The Morgan fingerprint density at radius 1 is 0.846 bits per heavy atom. The van der Waals surface area contributed by atoms with Gasteiger partial charge < -0.3 is 0 Å². The summed E-state index contributed by atoms with van der Waals surface area (Å²) in [6.45, 7) is 0. The molecule has 0 radical (unpaired) electrons. The monoisotopic (exact) mass is 343 g/mol. The van der Waals surface area contributed by atoms with Gasteiger partial charge in [0, 0.05) is 0 Å². The van der Waals surface area contributed by atoms with E-state index in [-0.39, 0.29) is 11.4 Å². The predicted molar refractivity (Wildman–Crippen MR) is 98.3 cm³/mol. The highest BCUT2D eigenvalue weighted by molar-refractivity contribution is 5.94. The molecule has 0 heterocycles. The van der Waals surface area contributed by atoms with Gasteiger partial charge in [0.1, 0.15) is 17.7 Å². The number of hydrogen-bond donors (Lipinski definition) is 0. The molecule has 0 aliphatic heterocycles. The zero-order valence-corrected chi connectivity index (χ0v) is 14.0. The summed E-state index contributed by atoms with van der Waals surface area (Å²) in [6.07, 6.45) is 3.49. The van der Waals surface area contributed by atoms with Gasteiger partial charge in [-0.15, -0.1) is 0 Å². The molecular formula is C23H15F2N. The van der Waals surface area contributed by atoms with Crippen LogP contribution in [0.25, 0.3) is 11.6 Å². The topological polar surface area (TPSA) is 23.8 Å². The van der Waals surface area contributed by atoms with Gasteiger partial charge in [-0.2, -0.15) is 5.26 Å². The summed E-state index contributed by atoms with van der Waals surface area (Å²) < 4.78 is 27.8. The van der Waals surface area contributed by atoms with Gasteiger partial charge in [0.2, 0.25) is 0 Å². The third-order valence-electron chi connectivity index (χ3n) is 4.75. The fourth-order valence-electron chi connectivity index (χ4n) is 3.48. The van der Waals surface area contributed by atoms with Crippen molar-refractivity contribution < 1.29 is 8.78 Å². The lowest BCUT2D eigenvalue weighted by Crippen LogP contribution is -1.94. The fraction of sp³-hybridized carbons (Fsp3) is 0.0870. The van der Waals surface area contributed by atoms with Crippen molar-refractivity contribution in [3.63, 3.8) is 0 Å². The van der Waals surface area contributed by atoms with Gasteiger partial charge in [0.15, 0.2) is 0 Å². The van der Waals surface area contributed by atoms with E-state index in [4.69, 9.17) is 5.26 Å². The Hall–Kier alpha value is -3.25. The van der Waals surface area contributed by atoms with Crippen LogP contribution in [-0.2, 0) is 12.8 Å². The molecule has 0 spiro atoms. The largest absolute Gasteiger partial charge is 0.207 e. The lowest BCUT2D eigenvalue weighted by Gasteiger charge is -2.12. The minimum Gasteiger partial charge on any atom is -0.207 e. The predicted octanol–water partition coefficient (Wildman–Crippen LogP) is 5.52. The molecule has 1 aliphatic rings. The lowest BCUT2D eigenvalue weighted by molar-refractivity contribution is 0.623. The summed E-state index contributed by atoms with van der Waals surface area (Å²) in [5.74, 6) is -0.790. The molecule has 0 atom stereocenters. The van der Waals surface area contributed by atoms with E-state index in [1.807, 2.05) is 30.3 Å². The van der Waals surface area contributed by atoms with Crippen molar-refractivity contribution in [1.29, 1.82) is 5.26 Å². The molecule has 0 saturated heterocycles. The van der Waals surface area contributed by atoms with Crippen molar-refractivity contribution in [2.45, 2.75) is 12.8 Å². The number of aryl methyl sites for hydroxylation is 2. The zero-order valence-electron chi connectivity index (χ0n) is 14.0. The smallest absolute Gasteiger partial charge is 0.141 e. The van der Waals surface area contributed by atoms with Crippen molar-refractivity contribution in [1.82, 2.24) is 0 Å². The number of hydrogen-bond acceptors (Lipinski definition) is 1. The average molecular weight is 343 g/mol. The summed E-state index contributed by atoms with van der Waals surface area (Å²) in [4.78, 5) is 0. The highest BCUT2D eigenvalue weighted by Gasteiger charge is 2.18. The molecule has 0 N–H and O–H groups in total. The molecule has 126 valence electrons. The van der Waals surface area contributed by atoms with E-state index in [1.54, 1.807) is 18.2 Å². The Labute approximate surface area is 150 Å². The maximum Gasteiger partial charge on any atom is 0.141 e. The Balaban J connectivity index is 1.94. The highest BCUT2D eigenvalue weighted by atomic mass is 19.1. The van der Waals surface area contributed by atoms with Gasteiger partial charge in [-0.05, 0) is 76.6 Å². The summed E-state index contributed by atoms with van der Waals surface area (Å²) in [7, 11) is 0. The standard InChI is InChI=1S/C23H15F2N/c24-19-9-10-21-17(13-19)8-7-16-3-1-2-4-20(16)22(21)11-15-5-6-18(14-26)23(25)12-15/h1-6,9-13H,7-8H2/b22-11-. The SMILES string of the molecule is N#Cc1ccc(/C=C2/c3ccccc3CCc3cc(F)ccc32)cc1F. The molecule has 4 rings (SSSR count). The van der Waals surface area contributed by atoms with E-state index in [0.29, 0.717) is 5.56 Å². The van der Waals surface area contributed by atoms with Gasteiger partial charge in [0.05, 0.1) is 5.56 Å². The Morgan fingerprint density at radius 2 is 1.62 bits per heavy atom. The number of fused-ring (bicyclic) bond motifs is 2. The number of nitrogens with zero attached hydrogens (tertiary/aromatic N) is 1. The molecular weight excluding hydrogens is 328 g/mol. The fourth-order valence-corrected chi connectivity index (χ4v) is 3.48. The second kappa shape index (κ2) is 6.57. The number of benzene rings is 3. The van der Waals surface area contributed by atoms with Crippen LogP contribution >= 0.6 is 0 Å². The molecule has 0 amide bonds.